The Bertz CT molecular complexity index is 740. The van der Waals surface area contributed by atoms with Crippen molar-refractivity contribution < 1.29 is 4.74 Å². The van der Waals surface area contributed by atoms with Crippen LogP contribution in [-0.2, 0) is 0 Å². The molecule has 19 heavy (non-hydrogen) atoms. The Hall–Kier alpha value is -2.62. The van der Waals surface area contributed by atoms with Gasteiger partial charge in [-0.25, -0.2) is 0 Å². The standard InChI is InChI=1S/C15H13N3O/c1-19-13-6-5-11-9-17-18-15(14(11)8-13)10-3-2-4-12(16)7-10/h2-9H,16H2,1H3. The van der Waals surface area contributed by atoms with E-state index in [1.807, 2.05) is 42.5 Å². The Balaban J connectivity index is 2.28. The molecule has 0 aliphatic carbocycles. The lowest BCUT2D eigenvalue weighted by atomic mass is 10.0. The number of rotatable bonds is 2. The number of hydrogen-bond acceptors (Lipinski definition) is 4. The summed E-state index contributed by atoms with van der Waals surface area (Å²) in [7, 11) is 1.65. The number of benzene rings is 2. The van der Waals surface area contributed by atoms with E-state index in [1.54, 1.807) is 13.3 Å². The lowest BCUT2D eigenvalue weighted by molar-refractivity contribution is 0.415. The summed E-state index contributed by atoms with van der Waals surface area (Å²) in [5.41, 5.74) is 8.29. The van der Waals surface area contributed by atoms with Gasteiger partial charge < -0.3 is 10.5 Å². The molecule has 3 rings (SSSR count). The number of hydrogen-bond donors (Lipinski definition) is 1. The largest absolute Gasteiger partial charge is 0.497 e. The van der Waals surface area contributed by atoms with Crippen molar-refractivity contribution in [2.45, 2.75) is 0 Å². The van der Waals surface area contributed by atoms with Crippen LogP contribution in [0.25, 0.3) is 22.0 Å². The maximum absolute atomic E-state index is 5.82. The first-order valence-corrected chi connectivity index (χ1v) is 5.93. The summed E-state index contributed by atoms with van der Waals surface area (Å²) in [6.45, 7) is 0. The predicted molar refractivity (Wildman–Crippen MR) is 75.9 cm³/mol. The van der Waals surface area contributed by atoms with Crippen molar-refractivity contribution in [1.29, 1.82) is 0 Å². The number of aromatic nitrogens is 2. The van der Waals surface area contributed by atoms with E-state index in [2.05, 4.69) is 10.2 Å². The summed E-state index contributed by atoms with van der Waals surface area (Å²) in [5, 5.41) is 10.3. The molecule has 0 bridgehead atoms. The molecular weight excluding hydrogens is 238 g/mol. The molecular formula is C15H13N3O. The van der Waals surface area contributed by atoms with Crippen molar-refractivity contribution in [2.75, 3.05) is 12.8 Å². The van der Waals surface area contributed by atoms with Crippen molar-refractivity contribution in [2.24, 2.45) is 0 Å². The minimum Gasteiger partial charge on any atom is -0.497 e. The highest BCUT2D eigenvalue weighted by Crippen LogP contribution is 2.29. The van der Waals surface area contributed by atoms with Gasteiger partial charge in [-0.3, -0.25) is 0 Å². The molecule has 0 saturated heterocycles. The SMILES string of the molecule is COc1ccc2cnnc(-c3cccc(N)c3)c2c1. The van der Waals surface area contributed by atoms with Crippen LogP contribution in [0.5, 0.6) is 5.75 Å². The predicted octanol–water partition coefficient (Wildman–Crippen LogP) is 2.89. The quantitative estimate of drug-likeness (QED) is 0.711. The molecule has 0 atom stereocenters. The van der Waals surface area contributed by atoms with E-state index in [0.29, 0.717) is 5.69 Å². The summed E-state index contributed by atoms with van der Waals surface area (Å²) < 4.78 is 5.26. The molecule has 0 unspecified atom stereocenters. The van der Waals surface area contributed by atoms with Gasteiger partial charge in [0.15, 0.2) is 0 Å². The number of fused-ring (bicyclic) bond motifs is 1. The van der Waals surface area contributed by atoms with Gasteiger partial charge in [0.25, 0.3) is 0 Å². The van der Waals surface area contributed by atoms with Crippen LogP contribution in [0.4, 0.5) is 5.69 Å². The first-order chi connectivity index (χ1) is 9.28. The zero-order valence-electron chi connectivity index (χ0n) is 10.5. The number of nitrogens with zero attached hydrogens (tertiary/aromatic N) is 2. The molecule has 4 nitrogen and oxygen atoms in total. The summed E-state index contributed by atoms with van der Waals surface area (Å²) >= 11 is 0. The van der Waals surface area contributed by atoms with Crippen LogP contribution in [0.15, 0.2) is 48.7 Å². The molecule has 0 saturated carbocycles. The second-order valence-corrected chi connectivity index (χ2v) is 4.27. The van der Waals surface area contributed by atoms with E-state index in [4.69, 9.17) is 10.5 Å². The number of nitrogens with two attached hydrogens (primary N) is 1. The highest BCUT2D eigenvalue weighted by molar-refractivity contribution is 5.95. The van der Waals surface area contributed by atoms with Crippen LogP contribution < -0.4 is 10.5 Å². The highest BCUT2D eigenvalue weighted by atomic mass is 16.5. The topological polar surface area (TPSA) is 61.0 Å². The third kappa shape index (κ3) is 2.08. The van der Waals surface area contributed by atoms with E-state index in [9.17, 15) is 0 Å². The van der Waals surface area contributed by atoms with Crippen LogP contribution in [0.1, 0.15) is 0 Å². The van der Waals surface area contributed by atoms with Crippen LogP contribution in [0, 0.1) is 0 Å². The van der Waals surface area contributed by atoms with Crippen LogP contribution in [-0.4, -0.2) is 17.3 Å². The average Bonchev–Trinajstić information content (AvgIpc) is 2.46. The molecule has 4 heteroatoms. The summed E-state index contributed by atoms with van der Waals surface area (Å²) in [5.74, 6) is 0.797. The molecule has 0 amide bonds. The highest BCUT2D eigenvalue weighted by Gasteiger charge is 2.07. The molecule has 2 N–H and O–H groups in total. The second kappa shape index (κ2) is 4.57. The van der Waals surface area contributed by atoms with Gasteiger partial charge in [0.2, 0.25) is 0 Å². The first kappa shape index (κ1) is 11.5. The minimum atomic E-state index is 0.708. The van der Waals surface area contributed by atoms with Gasteiger partial charge in [-0.05, 0) is 30.3 Å². The Morgan fingerprint density at radius 1 is 1.11 bits per heavy atom. The van der Waals surface area contributed by atoms with Gasteiger partial charge in [-0.2, -0.15) is 5.10 Å². The van der Waals surface area contributed by atoms with E-state index in [0.717, 1.165) is 27.8 Å². The zero-order chi connectivity index (χ0) is 13.2. The first-order valence-electron chi connectivity index (χ1n) is 5.93. The molecule has 0 aliphatic heterocycles. The fraction of sp³-hybridized carbons (Fsp3) is 0.0667. The number of methoxy groups -OCH3 is 1. The third-order valence-corrected chi connectivity index (χ3v) is 3.03. The van der Waals surface area contributed by atoms with Crippen LogP contribution in [0.3, 0.4) is 0 Å². The minimum absolute atomic E-state index is 0.708. The number of anilines is 1. The molecule has 1 aromatic heterocycles. The lowest BCUT2D eigenvalue weighted by Gasteiger charge is -2.07. The smallest absolute Gasteiger partial charge is 0.119 e. The normalized spacial score (nSPS) is 10.6. The van der Waals surface area contributed by atoms with Crippen molar-refractivity contribution in [1.82, 2.24) is 10.2 Å². The Labute approximate surface area is 110 Å². The van der Waals surface area contributed by atoms with Gasteiger partial charge in [-0.1, -0.05) is 12.1 Å². The lowest BCUT2D eigenvalue weighted by Crippen LogP contribution is -1.92. The van der Waals surface area contributed by atoms with E-state index < -0.39 is 0 Å². The van der Waals surface area contributed by atoms with Crippen LogP contribution >= 0.6 is 0 Å². The van der Waals surface area contributed by atoms with Gasteiger partial charge in [0.05, 0.1) is 13.3 Å². The van der Waals surface area contributed by atoms with Crippen LogP contribution in [0.2, 0.25) is 0 Å². The molecule has 0 aliphatic rings. The van der Waals surface area contributed by atoms with Crippen molar-refractivity contribution in [3.8, 4) is 17.0 Å². The Morgan fingerprint density at radius 3 is 2.79 bits per heavy atom. The maximum Gasteiger partial charge on any atom is 0.119 e. The summed E-state index contributed by atoms with van der Waals surface area (Å²) in [6.07, 6.45) is 1.74. The molecule has 0 fully saturated rings. The zero-order valence-corrected chi connectivity index (χ0v) is 10.5. The van der Waals surface area contributed by atoms with Crippen molar-refractivity contribution in [3.05, 3.63) is 48.7 Å². The average molecular weight is 251 g/mol. The molecule has 2 aromatic carbocycles. The molecule has 0 spiro atoms. The molecule has 3 aromatic rings. The summed E-state index contributed by atoms with van der Waals surface area (Å²) in [4.78, 5) is 0. The summed E-state index contributed by atoms with van der Waals surface area (Å²) in [6, 6.07) is 13.5. The number of nitrogen functional groups attached to an aromatic ring is 1. The maximum atomic E-state index is 5.82. The van der Waals surface area contributed by atoms with E-state index >= 15 is 0 Å². The second-order valence-electron chi connectivity index (χ2n) is 4.27. The van der Waals surface area contributed by atoms with E-state index in [1.165, 1.54) is 0 Å². The fourth-order valence-corrected chi connectivity index (χ4v) is 2.08. The number of ether oxygens (including phenoxy) is 1. The van der Waals surface area contributed by atoms with Crippen molar-refractivity contribution in [3.63, 3.8) is 0 Å². The van der Waals surface area contributed by atoms with Gasteiger partial charge in [0.1, 0.15) is 11.4 Å². The van der Waals surface area contributed by atoms with E-state index in [-0.39, 0.29) is 0 Å². The fourth-order valence-electron chi connectivity index (χ4n) is 2.08. The monoisotopic (exact) mass is 251 g/mol. The van der Waals surface area contributed by atoms with Gasteiger partial charge in [-0.15, -0.1) is 5.10 Å². The van der Waals surface area contributed by atoms with Gasteiger partial charge >= 0.3 is 0 Å². The Morgan fingerprint density at radius 2 is 2.00 bits per heavy atom. The van der Waals surface area contributed by atoms with Gasteiger partial charge in [0, 0.05) is 22.0 Å². The van der Waals surface area contributed by atoms with Crippen molar-refractivity contribution >= 4 is 16.5 Å². The third-order valence-electron chi connectivity index (χ3n) is 3.03. The molecule has 1 heterocycles. The molecule has 0 radical (unpaired) electrons. The molecule has 94 valence electrons. The Kier molecular flexibility index (Phi) is 2.76.